The van der Waals surface area contributed by atoms with Gasteiger partial charge in [0.2, 0.25) is 11.7 Å². The van der Waals surface area contributed by atoms with E-state index in [1.807, 2.05) is 34.2 Å². The second kappa shape index (κ2) is 10.8. The van der Waals surface area contributed by atoms with E-state index in [1.165, 1.54) is 23.1 Å². The Morgan fingerprint density at radius 3 is 2.72 bits per heavy atom. The monoisotopic (exact) mass is 557 g/mol. The molecule has 1 N–H and O–H groups in total. The molecule has 0 aliphatic rings. The van der Waals surface area contributed by atoms with E-state index >= 15 is 0 Å². The summed E-state index contributed by atoms with van der Waals surface area (Å²) in [6, 6.07) is 16.2. The van der Waals surface area contributed by atoms with Crippen LogP contribution in [-0.4, -0.2) is 38.5 Å². The molecule has 182 valence electrons. The summed E-state index contributed by atoms with van der Waals surface area (Å²) >= 11 is 14.8. The Bertz CT molecular complexity index is 1500. The lowest BCUT2D eigenvalue weighted by molar-refractivity contribution is -0.113. The highest BCUT2D eigenvalue weighted by molar-refractivity contribution is 7.99. The van der Waals surface area contributed by atoms with Crippen molar-refractivity contribution in [2.45, 2.75) is 5.16 Å². The van der Waals surface area contributed by atoms with Crippen molar-refractivity contribution in [2.24, 2.45) is 0 Å². The summed E-state index contributed by atoms with van der Waals surface area (Å²) in [5, 5.41) is 15.3. The van der Waals surface area contributed by atoms with Crippen molar-refractivity contribution in [3.8, 4) is 34.3 Å². The Labute approximate surface area is 224 Å². The molecule has 0 atom stereocenters. The van der Waals surface area contributed by atoms with Gasteiger partial charge in [-0.1, -0.05) is 35.0 Å². The van der Waals surface area contributed by atoms with Crippen molar-refractivity contribution in [1.82, 2.24) is 19.7 Å². The number of nitrogens with zero attached hydrogens (tertiary/aromatic N) is 4. The summed E-state index contributed by atoms with van der Waals surface area (Å²) in [5.74, 6) is 1.68. The van der Waals surface area contributed by atoms with E-state index in [2.05, 4.69) is 20.5 Å². The molecular weight excluding hydrogens is 541 g/mol. The Hall–Kier alpha value is -3.31. The van der Waals surface area contributed by atoms with E-state index in [9.17, 15) is 4.79 Å². The third kappa shape index (κ3) is 5.26. The number of nitrogens with one attached hydrogen (secondary N) is 1. The number of anilines is 1. The van der Waals surface area contributed by atoms with Gasteiger partial charge in [0, 0.05) is 16.0 Å². The molecule has 3 heterocycles. The summed E-state index contributed by atoms with van der Waals surface area (Å²) in [6.45, 7) is 0. The van der Waals surface area contributed by atoms with E-state index < -0.39 is 0 Å². The van der Waals surface area contributed by atoms with Gasteiger partial charge in [-0.25, -0.2) is 4.98 Å². The average Bonchev–Trinajstić information content (AvgIpc) is 3.64. The average molecular weight is 558 g/mol. The fourth-order valence-corrected chi connectivity index (χ4v) is 5.31. The zero-order chi connectivity index (χ0) is 25.1. The molecule has 0 aliphatic heterocycles. The molecule has 2 aromatic carbocycles. The summed E-state index contributed by atoms with van der Waals surface area (Å²) in [4.78, 5) is 17.2. The highest BCUT2D eigenvalue weighted by atomic mass is 35.5. The highest BCUT2D eigenvalue weighted by Crippen LogP contribution is 2.33. The molecule has 0 saturated carbocycles. The van der Waals surface area contributed by atoms with Gasteiger partial charge in [-0.2, -0.15) is 0 Å². The summed E-state index contributed by atoms with van der Waals surface area (Å²) < 4.78 is 12.6. The summed E-state index contributed by atoms with van der Waals surface area (Å²) in [7, 11) is 1.61. The van der Waals surface area contributed by atoms with E-state index in [0.717, 1.165) is 17.0 Å². The largest absolute Gasteiger partial charge is 0.497 e. The minimum atomic E-state index is -0.230. The number of furan rings is 1. The number of amides is 1. The SMILES string of the molecule is COc1ccc(-n2c(SCC(=O)Nc3nc(-c4ccc(Cl)cc4Cl)cs3)nnc2-c2ccco2)cc1. The van der Waals surface area contributed by atoms with Crippen LogP contribution < -0.4 is 10.1 Å². The number of halogens is 2. The minimum Gasteiger partial charge on any atom is -0.497 e. The van der Waals surface area contributed by atoms with Gasteiger partial charge in [0.1, 0.15) is 5.75 Å². The van der Waals surface area contributed by atoms with Crippen LogP contribution in [-0.2, 0) is 4.79 Å². The molecule has 1 amide bonds. The molecule has 12 heteroatoms. The minimum absolute atomic E-state index is 0.100. The first-order chi connectivity index (χ1) is 17.5. The standard InChI is InChI=1S/C24H17Cl2N5O3S2/c1-33-16-7-5-15(6-8-16)31-22(20-3-2-10-34-20)29-30-24(31)36-13-21(32)28-23-27-19(12-35-23)17-9-4-14(25)11-18(17)26/h2-12H,13H2,1H3,(H,27,28,32). The number of carbonyl (C=O) groups is 1. The molecule has 3 aromatic heterocycles. The molecule has 0 bridgehead atoms. The molecule has 0 unspecified atom stereocenters. The number of carbonyl (C=O) groups excluding carboxylic acids is 1. The molecule has 0 fully saturated rings. The smallest absolute Gasteiger partial charge is 0.236 e. The quantitative estimate of drug-likeness (QED) is 0.212. The molecular formula is C24H17Cl2N5O3S2. The second-order valence-electron chi connectivity index (χ2n) is 7.32. The first-order valence-corrected chi connectivity index (χ1v) is 13.1. The van der Waals surface area contributed by atoms with Crippen LogP contribution in [0.4, 0.5) is 5.13 Å². The maximum absolute atomic E-state index is 12.7. The third-order valence-corrected chi connectivity index (χ3v) is 7.23. The number of benzene rings is 2. The molecule has 8 nitrogen and oxygen atoms in total. The summed E-state index contributed by atoms with van der Waals surface area (Å²) in [5.41, 5.74) is 2.21. The number of ether oxygens (including phenoxy) is 1. The zero-order valence-corrected chi connectivity index (χ0v) is 21.8. The van der Waals surface area contributed by atoms with Crippen molar-refractivity contribution >= 4 is 57.3 Å². The van der Waals surface area contributed by atoms with Crippen LogP contribution in [0.5, 0.6) is 5.75 Å². The van der Waals surface area contributed by atoms with Crippen LogP contribution in [0.3, 0.4) is 0 Å². The van der Waals surface area contributed by atoms with Gasteiger partial charge >= 0.3 is 0 Å². The Balaban J connectivity index is 1.32. The van der Waals surface area contributed by atoms with E-state index in [0.29, 0.717) is 37.6 Å². The maximum Gasteiger partial charge on any atom is 0.236 e. The predicted molar refractivity (Wildman–Crippen MR) is 143 cm³/mol. The number of aromatic nitrogens is 4. The van der Waals surface area contributed by atoms with Gasteiger partial charge in [0.05, 0.1) is 35.5 Å². The lowest BCUT2D eigenvalue weighted by Gasteiger charge is -2.10. The topological polar surface area (TPSA) is 95.1 Å². The van der Waals surface area contributed by atoms with Gasteiger partial charge in [-0.3, -0.25) is 9.36 Å². The van der Waals surface area contributed by atoms with Gasteiger partial charge in [-0.15, -0.1) is 21.5 Å². The van der Waals surface area contributed by atoms with E-state index in [1.54, 1.807) is 43.7 Å². The Morgan fingerprint density at radius 2 is 2.00 bits per heavy atom. The Kier molecular flexibility index (Phi) is 7.28. The number of hydrogen-bond donors (Lipinski definition) is 1. The zero-order valence-electron chi connectivity index (χ0n) is 18.6. The van der Waals surface area contributed by atoms with Crippen molar-refractivity contribution in [2.75, 3.05) is 18.2 Å². The number of methoxy groups -OCH3 is 1. The van der Waals surface area contributed by atoms with Crippen LogP contribution in [0.25, 0.3) is 28.5 Å². The fraction of sp³-hybridized carbons (Fsp3) is 0.0833. The van der Waals surface area contributed by atoms with E-state index in [4.69, 9.17) is 32.4 Å². The third-order valence-electron chi connectivity index (χ3n) is 5.00. The molecule has 0 saturated heterocycles. The fourth-order valence-electron chi connectivity index (χ4n) is 3.33. The normalized spacial score (nSPS) is 11.0. The molecule has 5 rings (SSSR count). The molecule has 36 heavy (non-hydrogen) atoms. The maximum atomic E-state index is 12.7. The number of thiazole rings is 1. The number of hydrogen-bond acceptors (Lipinski definition) is 8. The van der Waals surface area contributed by atoms with Crippen molar-refractivity contribution in [1.29, 1.82) is 0 Å². The number of rotatable bonds is 8. The van der Waals surface area contributed by atoms with Crippen LogP contribution in [0, 0.1) is 0 Å². The van der Waals surface area contributed by atoms with E-state index in [-0.39, 0.29) is 11.7 Å². The molecule has 5 aromatic rings. The lowest BCUT2D eigenvalue weighted by Crippen LogP contribution is -2.14. The molecule has 0 aliphatic carbocycles. The van der Waals surface area contributed by atoms with Gasteiger partial charge in [0.25, 0.3) is 0 Å². The Morgan fingerprint density at radius 1 is 1.17 bits per heavy atom. The van der Waals surface area contributed by atoms with Gasteiger partial charge in [-0.05, 0) is 54.6 Å². The molecule has 0 radical (unpaired) electrons. The van der Waals surface area contributed by atoms with Crippen molar-refractivity contribution in [3.63, 3.8) is 0 Å². The molecule has 0 spiro atoms. The van der Waals surface area contributed by atoms with Crippen molar-refractivity contribution in [3.05, 3.63) is 76.3 Å². The van der Waals surface area contributed by atoms with Gasteiger partial charge < -0.3 is 14.5 Å². The van der Waals surface area contributed by atoms with Gasteiger partial charge in [0.15, 0.2) is 16.0 Å². The van der Waals surface area contributed by atoms with Crippen molar-refractivity contribution < 1.29 is 13.9 Å². The van der Waals surface area contributed by atoms with Crippen LogP contribution in [0.15, 0.2) is 75.8 Å². The number of thioether (sulfide) groups is 1. The predicted octanol–water partition coefficient (Wildman–Crippen LogP) is 6.70. The highest BCUT2D eigenvalue weighted by Gasteiger charge is 2.19. The van der Waals surface area contributed by atoms with Crippen LogP contribution in [0.1, 0.15) is 0 Å². The van der Waals surface area contributed by atoms with Crippen LogP contribution >= 0.6 is 46.3 Å². The first-order valence-electron chi connectivity index (χ1n) is 10.5. The lowest BCUT2D eigenvalue weighted by atomic mass is 10.2. The first kappa shape index (κ1) is 24.4. The second-order valence-corrected chi connectivity index (χ2v) is 9.96. The van der Waals surface area contributed by atoms with Crippen LogP contribution in [0.2, 0.25) is 10.0 Å². The summed E-state index contributed by atoms with van der Waals surface area (Å²) in [6.07, 6.45) is 1.57.